The lowest BCUT2D eigenvalue weighted by atomic mass is 10.2. The van der Waals surface area contributed by atoms with Gasteiger partial charge in [-0.05, 0) is 48.7 Å². The summed E-state index contributed by atoms with van der Waals surface area (Å²) in [5.41, 5.74) is 2.54. The third-order valence-electron chi connectivity index (χ3n) is 5.54. The predicted molar refractivity (Wildman–Crippen MR) is 116 cm³/mol. The van der Waals surface area contributed by atoms with E-state index in [9.17, 15) is 13.2 Å². The van der Waals surface area contributed by atoms with Gasteiger partial charge in [0, 0.05) is 32.7 Å². The molecule has 1 saturated heterocycles. The molecule has 0 atom stereocenters. The van der Waals surface area contributed by atoms with Gasteiger partial charge in [-0.15, -0.1) is 0 Å². The molecule has 4 rings (SSSR count). The standard InChI is InChI=1S/C22H27N3O5S/c1-16-3-4-17(2)21(13-16)31(27,28)25-9-7-24(8-10-25)22(26)23-15-18-5-6-19-20(14-18)30-12-11-29-19/h3-6,13-14H,7-12,15H2,1-2H3,(H,23,26). The number of nitrogens with one attached hydrogen (secondary N) is 1. The topological polar surface area (TPSA) is 88.2 Å². The molecule has 31 heavy (non-hydrogen) atoms. The first-order valence-electron chi connectivity index (χ1n) is 10.3. The molecule has 2 amide bonds. The van der Waals surface area contributed by atoms with Crippen LogP contribution in [0.25, 0.3) is 0 Å². The highest BCUT2D eigenvalue weighted by Gasteiger charge is 2.31. The number of carbonyl (C=O) groups is 1. The molecular weight excluding hydrogens is 418 g/mol. The number of piperazine rings is 1. The van der Waals surface area contributed by atoms with Gasteiger partial charge in [0.15, 0.2) is 11.5 Å². The van der Waals surface area contributed by atoms with Crippen molar-refractivity contribution in [2.24, 2.45) is 0 Å². The number of hydrogen-bond donors (Lipinski definition) is 1. The molecule has 2 aliphatic heterocycles. The maximum Gasteiger partial charge on any atom is 0.317 e. The first kappa shape index (κ1) is 21.5. The molecule has 1 N–H and O–H groups in total. The van der Waals surface area contributed by atoms with Crippen molar-refractivity contribution in [3.63, 3.8) is 0 Å². The number of amides is 2. The molecule has 0 radical (unpaired) electrons. The maximum atomic E-state index is 13.0. The normalized spacial score (nSPS) is 16.8. The number of urea groups is 1. The molecule has 2 aliphatic rings. The van der Waals surface area contributed by atoms with E-state index < -0.39 is 10.0 Å². The molecule has 0 bridgehead atoms. The highest BCUT2D eigenvalue weighted by atomic mass is 32.2. The van der Waals surface area contributed by atoms with Crippen LogP contribution in [0, 0.1) is 13.8 Å². The first-order chi connectivity index (χ1) is 14.8. The first-order valence-corrected chi connectivity index (χ1v) is 11.8. The molecule has 0 aromatic heterocycles. The fraction of sp³-hybridized carbons (Fsp3) is 0.409. The van der Waals surface area contributed by atoms with Gasteiger partial charge in [0.05, 0.1) is 4.90 Å². The number of carbonyl (C=O) groups excluding carboxylic acids is 1. The van der Waals surface area contributed by atoms with E-state index in [2.05, 4.69) is 5.32 Å². The fourth-order valence-electron chi connectivity index (χ4n) is 3.74. The van der Waals surface area contributed by atoms with Gasteiger partial charge in [-0.2, -0.15) is 4.31 Å². The van der Waals surface area contributed by atoms with Crippen molar-refractivity contribution >= 4 is 16.1 Å². The smallest absolute Gasteiger partial charge is 0.317 e. The van der Waals surface area contributed by atoms with Crippen molar-refractivity contribution in [2.75, 3.05) is 39.4 Å². The number of sulfonamides is 1. The predicted octanol–water partition coefficient (Wildman–Crippen LogP) is 2.29. The Balaban J connectivity index is 1.33. The zero-order chi connectivity index (χ0) is 22.0. The second kappa shape index (κ2) is 8.76. The number of aryl methyl sites for hydroxylation is 2. The average molecular weight is 446 g/mol. The molecule has 2 aromatic rings. The molecule has 0 unspecified atom stereocenters. The fourth-order valence-corrected chi connectivity index (χ4v) is 5.47. The van der Waals surface area contributed by atoms with E-state index >= 15 is 0 Å². The summed E-state index contributed by atoms with van der Waals surface area (Å²) in [6.45, 7) is 6.31. The van der Waals surface area contributed by atoms with Gasteiger partial charge in [-0.1, -0.05) is 18.2 Å². The monoisotopic (exact) mass is 445 g/mol. The number of benzene rings is 2. The lowest BCUT2D eigenvalue weighted by molar-refractivity contribution is 0.170. The van der Waals surface area contributed by atoms with Gasteiger partial charge in [0.2, 0.25) is 10.0 Å². The van der Waals surface area contributed by atoms with Crippen molar-refractivity contribution in [1.29, 1.82) is 0 Å². The van der Waals surface area contributed by atoms with E-state index in [-0.39, 0.29) is 19.1 Å². The summed E-state index contributed by atoms with van der Waals surface area (Å²) in [5, 5.41) is 2.90. The summed E-state index contributed by atoms with van der Waals surface area (Å²) in [5.74, 6) is 1.39. The highest BCUT2D eigenvalue weighted by Crippen LogP contribution is 2.30. The summed E-state index contributed by atoms with van der Waals surface area (Å²) in [6, 6.07) is 10.8. The SMILES string of the molecule is Cc1ccc(C)c(S(=O)(=O)N2CCN(C(=O)NCc3ccc4c(c3)OCCO4)CC2)c1. The zero-order valence-corrected chi connectivity index (χ0v) is 18.6. The summed E-state index contributed by atoms with van der Waals surface area (Å²) in [6.07, 6.45) is 0. The van der Waals surface area contributed by atoms with E-state index in [1.807, 2.05) is 37.3 Å². The molecule has 9 heteroatoms. The third kappa shape index (κ3) is 4.62. The Labute approximate surface area is 182 Å². The molecule has 1 fully saturated rings. The van der Waals surface area contributed by atoms with Gasteiger partial charge in [0.1, 0.15) is 13.2 Å². The van der Waals surface area contributed by atoms with E-state index in [0.717, 1.165) is 16.7 Å². The van der Waals surface area contributed by atoms with Crippen LogP contribution >= 0.6 is 0 Å². The van der Waals surface area contributed by atoms with Gasteiger partial charge >= 0.3 is 6.03 Å². The van der Waals surface area contributed by atoms with Crippen LogP contribution < -0.4 is 14.8 Å². The van der Waals surface area contributed by atoms with Crippen molar-refractivity contribution in [3.05, 3.63) is 53.1 Å². The molecular formula is C22H27N3O5S. The molecule has 166 valence electrons. The van der Waals surface area contributed by atoms with Crippen molar-refractivity contribution < 1.29 is 22.7 Å². The average Bonchev–Trinajstić information content (AvgIpc) is 2.79. The number of rotatable bonds is 4. The summed E-state index contributed by atoms with van der Waals surface area (Å²) < 4.78 is 38.6. The number of fused-ring (bicyclic) bond motifs is 1. The Morgan fingerprint density at radius 3 is 2.42 bits per heavy atom. The molecule has 0 spiro atoms. The molecule has 2 aromatic carbocycles. The number of ether oxygens (including phenoxy) is 2. The summed E-state index contributed by atoms with van der Waals surface area (Å²) >= 11 is 0. The van der Waals surface area contributed by atoms with Crippen LogP contribution in [-0.2, 0) is 16.6 Å². The van der Waals surface area contributed by atoms with Gasteiger partial charge in [-0.25, -0.2) is 13.2 Å². The van der Waals surface area contributed by atoms with Crippen LogP contribution in [0.2, 0.25) is 0 Å². The van der Waals surface area contributed by atoms with Crippen molar-refractivity contribution in [2.45, 2.75) is 25.3 Å². The molecule has 8 nitrogen and oxygen atoms in total. The largest absolute Gasteiger partial charge is 0.486 e. The van der Waals surface area contributed by atoms with Crippen molar-refractivity contribution in [1.82, 2.24) is 14.5 Å². The minimum Gasteiger partial charge on any atom is -0.486 e. The lowest BCUT2D eigenvalue weighted by Crippen LogP contribution is -2.53. The second-order valence-electron chi connectivity index (χ2n) is 7.80. The highest BCUT2D eigenvalue weighted by molar-refractivity contribution is 7.89. The van der Waals surface area contributed by atoms with Crippen LogP contribution in [0.15, 0.2) is 41.3 Å². The molecule has 0 aliphatic carbocycles. The quantitative estimate of drug-likeness (QED) is 0.780. The van der Waals surface area contributed by atoms with E-state index in [0.29, 0.717) is 49.2 Å². The van der Waals surface area contributed by atoms with Gasteiger partial charge in [0.25, 0.3) is 0 Å². The summed E-state index contributed by atoms with van der Waals surface area (Å²) in [7, 11) is -3.58. The van der Waals surface area contributed by atoms with Gasteiger partial charge in [-0.3, -0.25) is 0 Å². The maximum absolute atomic E-state index is 13.0. The van der Waals surface area contributed by atoms with Crippen LogP contribution in [0.1, 0.15) is 16.7 Å². The zero-order valence-electron chi connectivity index (χ0n) is 17.8. The lowest BCUT2D eigenvalue weighted by Gasteiger charge is -2.34. The Morgan fingerprint density at radius 1 is 0.968 bits per heavy atom. The summed E-state index contributed by atoms with van der Waals surface area (Å²) in [4.78, 5) is 14.6. The Bertz CT molecular complexity index is 1080. The minimum absolute atomic E-state index is 0.210. The molecule has 2 heterocycles. The van der Waals surface area contributed by atoms with Crippen LogP contribution in [0.5, 0.6) is 11.5 Å². The van der Waals surface area contributed by atoms with Crippen molar-refractivity contribution in [3.8, 4) is 11.5 Å². The third-order valence-corrected chi connectivity index (χ3v) is 7.58. The number of nitrogens with zero attached hydrogens (tertiary/aromatic N) is 2. The van der Waals surface area contributed by atoms with E-state index in [1.54, 1.807) is 17.9 Å². The van der Waals surface area contributed by atoms with Crippen LogP contribution in [0.3, 0.4) is 0 Å². The Kier molecular flexibility index (Phi) is 6.06. The van der Waals surface area contributed by atoms with E-state index in [4.69, 9.17) is 9.47 Å². The van der Waals surface area contributed by atoms with Crippen LogP contribution in [-0.4, -0.2) is 63.0 Å². The van der Waals surface area contributed by atoms with Gasteiger partial charge < -0.3 is 19.7 Å². The number of hydrogen-bond acceptors (Lipinski definition) is 5. The van der Waals surface area contributed by atoms with E-state index in [1.165, 1.54) is 4.31 Å². The second-order valence-corrected chi connectivity index (χ2v) is 9.70. The Hall–Kier alpha value is -2.78. The van der Waals surface area contributed by atoms with Crippen LogP contribution in [0.4, 0.5) is 4.79 Å². The minimum atomic E-state index is -3.58. The Morgan fingerprint density at radius 2 is 1.68 bits per heavy atom. The molecule has 0 saturated carbocycles.